The van der Waals surface area contributed by atoms with Crippen LogP contribution in [0.15, 0.2) is 0 Å². The second kappa shape index (κ2) is 6.48. The summed E-state index contributed by atoms with van der Waals surface area (Å²) in [5.74, 6) is -1.72. The van der Waals surface area contributed by atoms with Gasteiger partial charge in [-0.15, -0.1) is 0 Å². The Labute approximate surface area is 95.1 Å². The van der Waals surface area contributed by atoms with Crippen molar-refractivity contribution in [1.82, 2.24) is 4.90 Å². The van der Waals surface area contributed by atoms with E-state index in [0.29, 0.717) is 13.0 Å². The first kappa shape index (κ1) is 13.0. The van der Waals surface area contributed by atoms with Crippen molar-refractivity contribution in [2.75, 3.05) is 19.6 Å². The lowest BCUT2D eigenvalue weighted by Gasteiger charge is -2.30. The van der Waals surface area contributed by atoms with Crippen LogP contribution in [0.4, 0.5) is 0 Å². The summed E-state index contributed by atoms with van der Waals surface area (Å²) in [6, 6.07) is 0. The zero-order chi connectivity index (χ0) is 12.0. The van der Waals surface area contributed by atoms with Crippen molar-refractivity contribution in [3.8, 4) is 0 Å². The molecule has 0 radical (unpaired) electrons. The predicted molar refractivity (Wildman–Crippen MR) is 58.3 cm³/mol. The third-order valence-corrected chi connectivity index (χ3v) is 2.97. The Morgan fingerprint density at radius 2 is 2.00 bits per heavy atom. The molecule has 2 N–H and O–H groups in total. The van der Waals surface area contributed by atoms with E-state index in [4.69, 9.17) is 10.2 Å². The van der Waals surface area contributed by atoms with E-state index < -0.39 is 11.9 Å². The molecule has 0 aromatic rings. The number of nitrogens with zero attached hydrogens (tertiary/aromatic N) is 1. The van der Waals surface area contributed by atoms with Gasteiger partial charge >= 0.3 is 11.9 Å². The minimum Gasteiger partial charge on any atom is -0.481 e. The van der Waals surface area contributed by atoms with Gasteiger partial charge in [0.15, 0.2) is 0 Å². The first-order valence-electron chi connectivity index (χ1n) is 5.76. The SMILES string of the molecule is O=C(O)CCCCN1CCCC(C(=O)O)C1. The van der Waals surface area contributed by atoms with E-state index in [1.165, 1.54) is 0 Å². The maximum Gasteiger partial charge on any atom is 0.307 e. The molecule has 1 atom stereocenters. The number of hydrogen-bond acceptors (Lipinski definition) is 3. The van der Waals surface area contributed by atoms with E-state index in [1.807, 2.05) is 0 Å². The van der Waals surface area contributed by atoms with Gasteiger partial charge in [-0.2, -0.15) is 0 Å². The summed E-state index contributed by atoms with van der Waals surface area (Å²) in [6.07, 6.45) is 3.40. The van der Waals surface area contributed by atoms with E-state index in [-0.39, 0.29) is 12.3 Å². The molecular formula is C11H19NO4. The highest BCUT2D eigenvalue weighted by atomic mass is 16.4. The number of rotatable bonds is 6. The summed E-state index contributed by atoms with van der Waals surface area (Å²) in [5.41, 5.74) is 0. The van der Waals surface area contributed by atoms with Crippen molar-refractivity contribution in [2.24, 2.45) is 5.92 Å². The van der Waals surface area contributed by atoms with Crippen LogP contribution in [-0.2, 0) is 9.59 Å². The molecule has 0 aromatic carbocycles. The maximum atomic E-state index is 10.8. The molecule has 1 saturated heterocycles. The fourth-order valence-electron chi connectivity index (χ4n) is 2.07. The molecule has 0 bridgehead atoms. The Balaban J connectivity index is 2.17. The average molecular weight is 229 g/mol. The van der Waals surface area contributed by atoms with Gasteiger partial charge in [0.25, 0.3) is 0 Å². The van der Waals surface area contributed by atoms with Crippen LogP contribution >= 0.6 is 0 Å². The topological polar surface area (TPSA) is 77.8 Å². The van der Waals surface area contributed by atoms with E-state index >= 15 is 0 Å². The molecule has 1 unspecified atom stereocenters. The number of unbranched alkanes of at least 4 members (excludes halogenated alkanes) is 1. The molecule has 0 saturated carbocycles. The van der Waals surface area contributed by atoms with Gasteiger partial charge in [0.05, 0.1) is 5.92 Å². The van der Waals surface area contributed by atoms with Crippen molar-refractivity contribution in [1.29, 1.82) is 0 Å². The van der Waals surface area contributed by atoms with Crippen molar-refractivity contribution < 1.29 is 19.8 Å². The summed E-state index contributed by atoms with van der Waals surface area (Å²) in [5, 5.41) is 17.4. The van der Waals surface area contributed by atoms with Crippen LogP contribution < -0.4 is 0 Å². The molecule has 1 rings (SSSR count). The normalized spacial score (nSPS) is 21.9. The lowest BCUT2D eigenvalue weighted by Crippen LogP contribution is -2.39. The number of likely N-dealkylation sites (tertiary alicyclic amines) is 1. The van der Waals surface area contributed by atoms with Gasteiger partial charge in [-0.1, -0.05) is 0 Å². The zero-order valence-corrected chi connectivity index (χ0v) is 9.39. The van der Waals surface area contributed by atoms with Crippen molar-refractivity contribution >= 4 is 11.9 Å². The molecule has 92 valence electrons. The van der Waals surface area contributed by atoms with Crippen LogP contribution in [0.1, 0.15) is 32.1 Å². The zero-order valence-electron chi connectivity index (χ0n) is 9.39. The molecule has 1 fully saturated rings. The maximum absolute atomic E-state index is 10.8. The Hall–Kier alpha value is -1.10. The molecule has 5 heteroatoms. The largest absolute Gasteiger partial charge is 0.481 e. The standard InChI is InChI=1S/C11H19NO4/c13-10(14)5-1-2-6-12-7-3-4-9(8-12)11(15)16/h9H,1-8H2,(H,13,14)(H,15,16). The summed E-state index contributed by atoms with van der Waals surface area (Å²) >= 11 is 0. The highest BCUT2D eigenvalue weighted by molar-refractivity contribution is 5.70. The molecule has 1 aliphatic heterocycles. The van der Waals surface area contributed by atoms with E-state index in [2.05, 4.69) is 4.90 Å². The lowest BCUT2D eigenvalue weighted by molar-refractivity contribution is -0.143. The van der Waals surface area contributed by atoms with Gasteiger partial charge in [-0.3, -0.25) is 9.59 Å². The Bertz CT molecular complexity index is 254. The predicted octanol–water partition coefficient (Wildman–Crippen LogP) is 1.04. The third-order valence-electron chi connectivity index (χ3n) is 2.97. The van der Waals surface area contributed by atoms with E-state index in [9.17, 15) is 9.59 Å². The number of carboxylic acid groups (broad SMARTS) is 2. The highest BCUT2D eigenvalue weighted by Crippen LogP contribution is 2.17. The molecule has 0 amide bonds. The van der Waals surface area contributed by atoms with E-state index in [0.717, 1.165) is 32.4 Å². The van der Waals surface area contributed by atoms with Crippen molar-refractivity contribution in [2.45, 2.75) is 32.1 Å². The second-order valence-electron chi connectivity index (χ2n) is 4.33. The molecule has 0 spiro atoms. The number of carbonyl (C=O) groups is 2. The average Bonchev–Trinajstić information content (AvgIpc) is 2.24. The van der Waals surface area contributed by atoms with Gasteiger partial charge < -0.3 is 15.1 Å². The van der Waals surface area contributed by atoms with Crippen molar-refractivity contribution in [3.05, 3.63) is 0 Å². The Morgan fingerprint density at radius 1 is 1.25 bits per heavy atom. The third kappa shape index (κ3) is 4.61. The lowest BCUT2D eigenvalue weighted by atomic mass is 9.98. The fourth-order valence-corrected chi connectivity index (χ4v) is 2.07. The van der Waals surface area contributed by atoms with Crippen LogP contribution in [0.3, 0.4) is 0 Å². The molecule has 0 aromatic heterocycles. The van der Waals surface area contributed by atoms with Gasteiger partial charge in [0.2, 0.25) is 0 Å². The monoisotopic (exact) mass is 229 g/mol. The molecule has 1 aliphatic rings. The summed E-state index contributed by atoms with van der Waals surface area (Å²) in [4.78, 5) is 23.2. The van der Waals surface area contributed by atoms with Crippen LogP contribution in [0.2, 0.25) is 0 Å². The summed E-state index contributed by atoms with van der Waals surface area (Å²) < 4.78 is 0. The molecular weight excluding hydrogens is 210 g/mol. The number of piperidine rings is 1. The Kier molecular flexibility index (Phi) is 5.25. The van der Waals surface area contributed by atoms with Crippen LogP contribution in [-0.4, -0.2) is 46.7 Å². The van der Waals surface area contributed by atoms with Crippen LogP contribution in [0, 0.1) is 5.92 Å². The molecule has 1 heterocycles. The molecule has 0 aliphatic carbocycles. The molecule has 5 nitrogen and oxygen atoms in total. The van der Waals surface area contributed by atoms with Crippen LogP contribution in [0.25, 0.3) is 0 Å². The molecule has 16 heavy (non-hydrogen) atoms. The second-order valence-corrected chi connectivity index (χ2v) is 4.33. The number of hydrogen-bond donors (Lipinski definition) is 2. The quantitative estimate of drug-likeness (QED) is 0.665. The van der Waals surface area contributed by atoms with Crippen LogP contribution in [0.5, 0.6) is 0 Å². The van der Waals surface area contributed by atoms with E-state index in [1.54, 1.807) is 0 Å². The van der Waals surface area contributed by atoms with Gasteiger partial charge in [-0.05, 0) is 38.8 Å². The first-order chi connectivity index (χ1) is 7.59. The smallest absolute Gasteiger partial charge is 0.307 e. The van der Waals surface area contributed by atoms with Gasteiger partial charge in [0, 0.05) is 13.0 Å². The van der Waals surface area contributed by atoms with Crippen molar-refractivity contribution in [3.63, 3.8) is 0 Å². The Morgan fingerprint density at radius 3 is 2.62 bits per heavy atom. The number of aliphatic carboxylic acids is 2. The highest BCUT2D eigenvalue weighted by Gasteiger charge is 2.24. The van der Waals surface area contributed by atoms with Gasteiger partial charge in [-0.25, -0.2) is 0 Å². The minimum atomic E-state index is -0.762. The minimum absolute atomic E-state index is 0.205. The fraction of sp³-hybridized carbons (Fsp3) is 0.818. The first-order valence-corrected chi connectivity index (χ1v) is 5.76. The summed E-state index contributed by atoms with van der Waals surface area (Å²) in [6.45, 7) is 2.37. The number of carboxylic acids is 2. The summed E-state index contributed by atoms with van der Waals surface area (Å²) in [7, 11) is 0. The van der Waals surface area contributed by atoms with Gasteiger partial charge in [0.1, 0.15) is 0 Å².